The molecule has 4 aliphatic rings. The lowest BCUT2D eigenvalue weighted by atomic mass is 10.1. The van der Waals surface area contributed by atoms with E-state index < -0.39 is 24.9 Å². The smallest absolute Gasteiger partial charge is 0.282 e. The first-order valence-corrected chi connectivity index (χ1v) is 20.9. The highest BCUT2D eigenvalue weighted by molar-refractivity contribution is 8.04. The summed E-state index contributed by atoms with van der Waals surface area (Å²) in [5.74, 6) is 0. The first kappa shape index (κ1) is 39.5. The summed E-state index contributed by atoms with van der Waals surface area (Å²) in [6, 6.07) is 24.4. The molecule has 8 nitrogen and oxygen atoms in total. The maximum absolute atomic E-state index is 12.1. The standard InChI is InChI=1S/C19H14N2O5S3.C12H9NS.3C2H6/c1-28(22,23)19-9-7-13(29(24,25)26)11-16(19)20-12-6-8-15-18(10-12)27-17-5-3-2-4-14(17)21-15;1-3-7-11-9(5-1)13-10-6-2-4-8-12(10)14-11;3*1-2/h2-11H,1H3,(H,24,25,26);1-3,5-8H,4H2;3*1-2H3. The Balaban J connectivity index is 0.000000270. The second-order valence-corrected chi connectivity index (χ2v) is 15.2. The number of nitrogens with zero attached hydrogens (tertiary/aromatic N) is 3. The molecule has 258 valence electrons. The zero-order chi connectivity index (χ0) is 36.2. The minimum atomic E-state index is -4.50. The molecule has 1 N–H and O–H groups in total. The summed E-state index contributed by atoms with van der Waals surface area (Å²) >= 11 is 3.34. The van der Waals surface area contributed by atoms with Crippen LogP contribution in [-0.2, 0) is 20.0 Å². The molecule has 0 saturated heterocycles. The summed E-state index contributed by atoms with van der Waals surface area (Å²) in [7, 11) is -8.17. The Morgan fingerprint density at radius 3 is 2.22 bits per heavy atom. The normalized spacial score (nSPS) is 13.3. The van der Waals surface area contributed by atoms with E-state index in [1.165, 1.54) is 21.1 Å². The molecule has 3 aromatic carbocycles. The lowest BCUT2D eigenvalue weighted by molar-refractivity contribution is 0.483. The molecule has 49 heavy (non-hydrogen) atoms. The Bertz CT molecular complexity index is 2260. The molecule has 0 saturated carbocycles. The summed E-state index contributed by atoms with van der Waals surface area (Å²) in [6.07, 6.45) is 8.53. The lowest BCUT2D eigenvalue weighted by Crippen LogP contribution is -2.05. The van der Waals surface area contributed by atoms with E-state index in [1.807, 2.05) is 83.6 Å². The van der Waals surface area contributed by atoms with Crippen molar-refractivity contribution >= 4 is 70.4 Å². The van der Waals surface area contributed by atoms with Crippen LogP contribution in [0, 0.1) is 0 Å². The van der Waals surface area contributed by atoms with E-state index in [2.05, 4.69) is 51.4 Å². The number of fused-ring (bicyclic) bond motifs is 4. The maximum Gasteiger partial charge on any atom is 0.294 e. The fraction of sp³-hybridized carbons (Fsp3) is 0.216. The Labute approximate surface area is 298 Å². The summed E-state index contributed by atoms with van der Waals surface area (Å²) in [5.41, 5.74) is 3.77. The summed E-state index contributed by atoms with van der Waals surface area (Å²) in [4.78, 5) is 16.4. The molecular weight excluding hydrogens is 695 g/mol. The molecule has 2 aliphatic carbocycles. The number of hydrogen-bond donors (Lipinski definition) is 1. The highest BCUT2D eigenvalue weighted by atomic mass is 32.2. The number of benzene rings is 4. The van der Waals surface area contributed by atoms with Crippen LogP contribution < -0.4 is 5.36 Å². The van der Waals surface area contributed by atoms with E-state index in [9.17, 15) is 21.4 Å². The molecule has 2 heterocycles. The number of thioether (sulfide) groups is 1. The van der Waals surface area contributed by atoms with E-state index in [4.69, 9.17) is 0 Å². The van der Waals surface area contributed by atoms with Crippen LogP contribution in [0.15, 0.2) is 133 Å². The minimum absolute atomic E-state index is 0.0688. The Morgan fingerprint density at radius 2 is 1.51 bits per heavy atom. The molecule has 3 aromatic rings. The van der Waals surface area contributed by atoms with Crippen molar-refractivity contribution in [3.8, 4) is 10.6 Å². The van der Waals surface area contributed by atoms with Crippen LogP contribution in [0.25, 0.3) is 20.8 Å². The van der Waals surface area contributed by atoms with Gasteiger partial charge in [0, 0.05) is 16.1 Å². The lowest BCUT2D eigenvalue weighted by Gasteiger charge is -2.17. The van der Waals surface area contributed by atoms with Crippen LogP contribution in [0.3, 0.4) is 0 Å². The highest BCUT2D eigenvalue weighted by Gasteiger charge is 2.19. The van der Waals surface area contributed by atoms with Crippen LogP contribution in [-0.4, -0.2) is 38.3 Å². The van der Waals surface area contributed by atoms with Crippen molar-refractivity contribution in [2.24, 2.45) is 9.98 Å². The summed E-state index contributed by atoms with van der Waals surface area (Å²) < 4.78 is 57.4. The van der Waals surface area contributed by atoms with E-state index >= 15 is 0 Å². The number of para-hydroxylation sites is 2. The third kappa shape index (κ3) is 10.3. The van der Waals surface area contributed by atoms with Gasteiger partial charge in [-0.05, 0) is 73.2 Å². The topological polar surface area (TPSA) is 126 Å². The molecule has 0 amide bonds. The Hall–Kier alpha value is -3.94. The third-order valence-electron chi connectivity index (χ3n) is 6.44. The molecule has 0 aromatic heterocycles. The molecule has 0 unspecified atom stereocenters. The van der Waals surface area contributed by atoms with Gasteiger partial charge in [-0.15, -0.1) is 11.3 Å². The number of rotatable bonds is 3. The Morgan fingerprint density at radius 1 is 0.816 bits per heavy atom. The maximum atomic E-state index is 12.1. The van der Waals surface area contributed by atoms with Crippen LogP contribution in [0.1, 0.15) is 48.0 Å². The van der Waals surface area contributed by atoms with Gasteiger partial charge in [-0.2, -0.15) is 8.42 Å². The van der Waals surface area contributed by atoms with Gasteiger partial charge in [0.25, 0.3) is 10.1 Å². The van der Waals surface area contributed by atoms with E-state index in [-0.39, 0.29) is 10.6 Å². The van der Waals surface area contributed by atoms with Gasteiger partial charge in [-0.1, -0.05) is 89.7 Å². The predicted molar refractivity (Wildman–Crippen MR) is 206 cm³/mol. The van der Waals surface area contributed by atoms with Crippen molar-refractivity contribution in [1.82, 2.24) is 4.98 Å². The minimum Gasteiger partial charge on any atom is -0.282 e. The van der Waals surface area contributed by atoms with Crippen molar-refractivity contribution in [3.05, 3.63) is 113 Å². The van der Waals surface area contributed by atoms with Gasteiger partial charge in [0.1, 0.15) is 0 Å². The van der Waals surface area contributed by atoms with Gasteiger partial charge in [0.05, 0.1) is 53.0 Å². The molecule has 0 atom stereocenters. The van der Waals surface area contributed by atoms with Crippen LogP contribution in [0.5, 0.6) is 0 Å². The van der Waals surface area contributed by atoms with Gasteiger partial charge in [-0.3, -0.25) is 4.55 Å². The molecule has 0 fully saturated rings. The number of aliphatic imine (C=N–C) groups is 1. The molecule has 12 heteroatoms. The third-order valence-corrected chi connectivity index (χ3v) is 10.7. The summed E-state index contributed by atoms with van der Waals surface area (Å²) in [5, 5.41) is 0.434. The van der Waals surface area contributed by atoms with Crippen molar-refractivity contribution in [2.45, 2.75) is 62.6 Å². The monoisotopic (exact) mass is 735 g/mol. The van der Waals surface area contributed by atoms with Crippen molar-refractivity contribution in [1.29, 1.82) is 0 Å². The van der Waals surface area contributed by atoms with Gasteiger partial charge in [0.15, 0.2) is 9.84 Å². The average molecular weight is 736 g/mol. The van der Waals surface area contributed by atoms with Crippen molar-refractivity contribution < 1.29 is 21.4 Å². The fourth-order valence-corrected chi connectivity index (χ4v) is 7.74. The molecule has 7 rings (SSSR count). The van der Waals surface area contributed by atoms with Crippen LogP contribution >= 0.6 is 23.1 Å². The molecule has 2 aliphatic heterocycles. The predicted octanol–water partition coefficient (Wildman–Crippen LogP) is 10.1. The first-order chi connectivity index (χ1) is 23.5. The SMILES string of the molecule is C1=CC2=Nc3ccccc3SC2=CC1.CC.CC.CC.CS(=O)(=O)c1ccc(S(=O)(=O)O)cc1N=c1ccc2nc3ccccc3sc-2c1. The molecule has 0 spiro atoms. The van der Waals surface area contributed by atoms with Gasteiger partial charge >= 0.3 is 0 Å². The largest absolute Gasteiger partial charge is 0.294 e. The number of hydrogen-bond acceptors (Lipinski definition) is 9. The van der Waals surface area contributed by atoms with Gasteiger partial charge < -0.3 is 0 Å². The van der Waals surface area contributed by atoms with Crippen LogP contribution in [0.2, 0.25) is 0 Å². The number of allylic oxidation sites excluding steroid dienone is 4. The van der Waals surface area contributed by atoms with Gasteiger partial charge in [0.2, 0.25) is 0 Å². The summed E-state index contributed by atoms with van der Waals surface area (Å²) in [6.45, 7) is 12.0. The zero-order valence-corrected chi connectivity index (χ0v) is 31.8. The average Bonchev–Trinajstić information content (AvgIpc) is 3.12. The zero-order valence-electron chi connectivity index (χ0n) is 28.6. The van der Waals surface area contributed by atoms with Crippen LogP contribution in [0.4, 0.5) is 11.4 Å². The highest BCUT2D eigenvalue weighted by Crippen LogP contribution is 2.41. The fourth-order valence-electron chi connectivity index (χ4n) is 4.44. The number of aromatic nitrogens is 1. The van der Waals surface area contributed by atoms with Gasteiger partial charge in [-0.25, -0.2) is 23.4 Å². The van der Waals surface area contributed by atoms with E-state index in [1.54, 1.807) is 18.2 Å². The second-order valence-electron chi connectivity index (χ2n) is 9.60. The molecule has 0 radical (unpaired) electrons. The molecule has 0 bridgehead atoms. The second kappa shape index (κ2) is 18.2. The van der Waals surface area contributed by atoms with E-state index in [0.29, 0.717) is 5.36 Å². The van der Waals surface area contributed by atoms with Crippen molar-refractivity contribution in [2.75, 3.05) is 6.26 Å². The Kier molecular flexibility index (Phi) is 14.6. The molecular formula is C37H41N3O5S4. The van der Waals surface area contributed by atoms with E-state index in [0.717, 1.165) is 63.1 Å². The number of sulfone groups is 1. The van der Waals surface area contributed by atoms with Crippen molar-refractivity contribution in [3.63, 3.8) is 0 Å². The first-order valence-electron chi connectivity index (χ1n) is 15.9. The quantitative estimate of drug-likeness (QED) is 0.144.